The van der Waals surface area contributed by atoms with Gasteiger partial charge in [0.1, 0.15) is 0 Å². The van der Waals surface area contributed by atoms with Gasteiger partial charge in [-0.05, 0) is 24.6 Å². The molecule has 2 N–H and O–H groups in total. The molecule has 1 aromatic carbocycles. The Labute approximate surface area is 115 Å². The molecule has 1 amide bonds. The molecule has 0 aliphatic carbocycles. The van der Waals surface area contributed by atoms with E-state index in [1.54, 1.807) is 0 Å². The van der Waals surface area contributed by atoms with Gasteiger partial charge in [-0.25, -0.2) is 0 Å². The highest BCUT2D eigenvalue weighted by atomic mass is 16.2. The number of benzene rings is 1. The highest BCUT2D eigenvalue weighted by Gasteiger charge is 2.23. The van der Waals surface area contributed by atoms with Gasteiger partial charge in [0, 0.05) is 24.8 Å². The predicted molar refractivity (Wildman–Crippen MR) is 78.4 cm³/mol. The molecule has 0 atom stereocenters. The van der Waals surface area contributed by atoms with Crippen LogP contribution in [0.5, 0.6) is 0 Å². The largest absolute Gasteiger partial charge is 0.325 e. The summed E-state index contributed by atoms with van der Waals surface area (Å²) in [5, 5.41) is 6.24. The average Bonchev–Trinajstić information content (AvgIpc) is 2.26. The van der Waals surface area contributed by atoms with E-state index in [4.69, 9.17) is 0 Å². The van der Waals surface area contributed by atoms with Gasteiger partial charge in [-0.15, -0.1) is 0 Å². The standard InChI is InChI=1S/C15H23N3O/c1-11(2)13-6-4-5-7-14(13)17-15(19)10-18(3)12-8-16-9-12/h4-7,11-12,16H,8-10H2,1-3H3,(H,17,19). The lowest BCUT2D eigenvalue weighted by Gasteiger charge is -2.35. The summed E-state index contributed by atoms with van der Waals surface area (Å²) in [4.78, 5) is 14.2. The zero-order chi connectivity index (χ0) is 13.8. The van der Waals surface area contributed by atoms with Crippen molar-refractivity contribution in [2.24, 2.45) is 0 Å². The molecule has 0 bridgehead atoms. The molecular weight excluding hydrogens is 238 g/mol. The molecule has 0 radical (unpaired) electrons. The molecule has 1 aromatic rings. The zero-order valence-electron chi connectivity index (χ0n) is 11.9. The molecule has 0 saturated carbocycles. The molecule has 4 nitrogen and oxygen atoms in total. The number of likely N-dealkylation sites (N-methyl/N-ethyl adjacent to an activating group) is 1. The van der Waals surface area contributed by atoms with Gasteiger partial charge in [0.05, 0.1) is 6.54 Å². The Morgan fingerprint density at radius 2 is 2.11 bits per heavy atom. The number of carbonyl (C=O) groups is 1. The third-order valence-corrected chi connectivity index (χ3v) is 3.63. The normalized spacial score (nSPS) is 15.6. The number of nitrogens with one attached hydrogen (secondary N) is 2. The van der Waals surface area contributed by atoms with Crippen LogP contribution in [-0.2, 0) is 4.79 Å². The van der Waals surface area contributed by atoms with E-state index < -0.39 is 0 Å². The Kier molecular flexibility index (Phi) is 4.56. The second-order valence-corrected chi connectivity index (χ2v) is 5.52. The number of anilines is 1. The van der Waals surface area contributed by atoms with Gasteiger partial charge >= 0.3 is 0 Å². The number of nitrogens with zero attached hydrogens (tertiary/aromatic N) is 1. The monoisotopic (exact) mass is 261 g/mol. The molecular formula is C15H23N3O. The molecule has 1 heterocycles. The zero-order valence-corrected chi connectivity index (χ0v) is 11.9. The van der Waals surface area contributed by atoms with Crippen molar-refractivity contribution in [3.8, 4) is 0 Å². The lowest BCUT2D eigenvalue weighted by molar-refractivity contribution is -0.117. The van der Waals surface area contributed by atoms with Crippen molar-refractivity contribution in [2.75, 3.05) is 32.0 Å². The molecule has 104 valence electrons. The van der Waals surface area contributed by atoms with E-state index in [0.717, 1.165) is 18.8 Å². The van der Waals surface area contributed by atoms with Crippen LogP contribution >= 0.6 is 0 Å². The Bertz CT molecular complexity index is 441. The summed E-state index contributed by atoms with van der Waals surface area (Å²) in [5.41, 5.74) is 2.12. The fraction of sp³-hybridized carbons (Fsp3) is 0.533. The van der Waals surface area contributed by atoms with Gasteiger partial charge in [0.15, 0.2) is 0 Å². The molecule has 1 fully saturated rings. The molecule has 0 spiro atoms. The average molecular weight is 261 g/mol. The maximum absolute atomic E-state index is 12.1. The van der Waals surface area contributed by atoms with Gasteiger partial charge in [-0.3, -0.25) is 9.69 Å². The minimum Gasteiger partial charge on any atom is -0.325 e. The minimum absolute atomic E-state index is 0.0579. The smallest absolute Gasteiger partial charge is 0.238 e. The van der Waals surface area contributed by atoms with E-state index in [2.05, 4.69) is 35.4 Å². The van der Waals surface area contributed by atoms with E-state index in [1.165, 1.54) is 5.56 Å². The van der Waals surface area contributed by atoms with Gasteiger partial charge in [0.2, 0.25) is 5.91 Å². The summed E-state index contributed by atoms with van der Waals surface area (Å²) in [6, 6.07) is 8.50. The highest BCUT2D eigenvalue weighted by molar-refractivity contribution is 5.93. The van der Waals surface area contributed by atoms with Crippen molar-refractivity contribution in [1.82, 2.24) is 10.2 Å². The summed E-state index contributed by atoms with van der Waals surface area (Å²) < 4.78 is 0. The van der Waals surface area contributed by atoms with Crippen LogP contribution in [0.1, 0.15) is 25.3 Å². The van der Waals surface area contributed by atoms with E-state index in [9.17, 15) is 4.79 Å². The van der Waals surface area contributed by atoms with E-state index in [0.29, 0.717) is 18.5 Å². The molecule has 2 rings (SSSR count). The van der Waals surface area contributed by atoms with Crippen LogP contribution < -0.4 is 10.6 Å². The fourth-order valence-electron chi connectivity index (χ4n) is 2.24. The summed E-state index contributed by atoms with van der Waals surface area (Å²) in [6.07, 6.45) is 0. The molecule has 1 aliphatic rings. The van der Waals surface area contributed by atoms with Crippen LogP contribution in [0.3, 0.4) is 0 Å². The van der Waals surface area contributed by atoms with E-state index in [-0.39, 0.29) is 5.91 Å². The SMILES string of the molecule is CC(C)c1ccccc1NC(=O)CN(C)C1CNC1. The van der Waals surface area contributed by atoms with Gasteiger partial charge in [-0.1, -0.05) is 32.0 Å². The van der Waals surface area contributed by atoms with Crippen LogP contribution in [0.25, 0.3) is 0 Å². The van der Waals surface area contributed by atoms with Crippen LogP contribution in [0.15, 0.2) is 24.3 Å². The molecule has 1 saturated heterocycles. The molecule has 0 aromatic heterocycles. The first-order valence-corrected chi connectivity index (χ1v) is 6.87. The Morgan fingerprint density at radius 1 is 1.42 bits per heavy atom. The molecule has 1 aliphatic heterocycles. The summed E-state index contributed by atoms with van der Waals surface area (Å²) in [5.74, 6) is 0.465. The number of carbonyl (C=O) groups excluding carboxylic acids is 1. The van der Waals surface area contributed by atoms with Crippen LogP contribution in [0.2, 0.25) is 0 Å². The summed E-state index contributed by atoms with van der Waals surface area (Å²) in [6.45, 7) is 6.67. The predicted octanol–water partition coefficient (Wildman–Crippen LogP) is 1.65. The Hall–Kier alpha value is -1.39. The van der Waals surface area contributed by atoms with Gasteiger partial charge in [0.25, 0.3) is 0 Å². The van der Waals surface area contributed by atoms with E-state index in [1.807, 2.05) is 25.2 Å². The number of amides is 1. The quantitative estimate of drug-likeness (QED) is 0.847. The maximum atomic E-state index is 12.1. The topological polar surface area (TPSA) is 44.4 Å². The molecule has 4 heteroatoms. The van der Waals surface area contributed by atoms with Crippen LogP contribution in [0, 0.1) is 0 Å². The van der Waals surface area contributed by atoms with E-state index >= 15 is 0 Å². The first-order chi connectivity index (χ1) is 9.08. The van der Waals surface area contributed by atoms with Crippen LogP contribution in [0.4, 0.5) is 5.69 Å². The van der Waals surface area contributed by atoms with Crippen molar-refractivity contribution < 1.29 is 4.79 Å². The summed E-state index contributed by atoms with van der Waals surface area (Å²) in [7, 11) is 2.00. The number of rotatable bonds is 5. The van der Waals surface area contributed by atoms with Crippen molar-refractivity contribution in [3.63, 3.8) is 0 Å². The Balaban J connectivity index is 1.94. The number of para-hydroxylation sites is 1. The number of hydrogen-bond donors (Lipinski definition) is 2. The Morgan fingerprint density at radius 3 is 2.68 bits per heavy atom. The number of hydrogen-bond acceptors (Lipinski definition) is 3. The third-order valence-electron chi connectivity index (χ3n) is 3.63. The third kappa shape index (κ3) is 3.55. The first-order valence-electron chi connectivity index (χ1n) is 6.87. The van der Waals surface area contributed by atoms with Crippen molar-refractivity contribution in [1.29, 1.82) is 0 Å². The maximum Gasteiger partial charge on any atom is 0.238 e. The highest BCUT2D eigenvalue weighted by Crippen LogP contribution is 2.23. The fourth-order valence-corrected chi connectivity index (χ4v) is 2.24. The minimum atomic E-state index is 0.0579. The second-order valence-electron chi connectivity index (χ2n) is 5.52. The lowest BCUT2D eigenvalue weighted by atomic mass is 10.0. The second kappa shape index (κ2) is 6.17. The molecule has 19 heavy (non-hydrogen) atoms. The summed E-state index contributed by atoms with van der Waals surface area (Å²) >= 11 is 0. The van der Waals surface area contributed by atoms with Crippen molar-refractivity contribution in [3.05, 3.63) is 29.8 Å². The van der Waals surface area contributed by atoms with Crippen LogP contribution in [-0.4, -0.2) is 43.5 Å². The van der Waals surface area contributed by atoms with Gasteiger partial charge < -0.3 is 10.6 Å². The molecule has 0 unspecified atom stereocenters. The lowest BCUT2D eigenvalue weighted by Crippen LogP contribution is -2.57. The first kappa shape index (κ1) is 14.0. The van der Waals surface area contributed by atoms with Crippen molar-refractivity contribution in [2.45, 2.75) is 25.8 Å². The van der Waals surface area contributed by atoms with Gasteiger partial charge in [-0.2, -0.15) is 0 Å². The van der Waals surface area contributed by atoms with Crippen molar-refractivity contribution >= 4 is 11.6 Å².